The summed E-state index contributed by atoms with van der Waals surface area (Å²) in [6.45, 7) is -1.06. The highest BCUT2D eigenvalue weighted by atomic mass is 19.4. The molecule has 2 amide bonds. The van der Waals surface area contributed by atoms with Crippen LogP contribution in [0.1, 0.15) is 11.1 Å². The van der Waals surface area contributed by atoms with Crippen molar-refractivity contribution in [2.75, 3.05) is 17.4 Å². The van der Waals surface area contributed by atoms with Crippen molar-refractivity contribution in [3.8, 4) is 0 Å². The number of hydrogen-bond donors (Lipinski definition) is 2. The Morgan fingerprint density at radius 1 is 0.690 bits per heavy atom. The molecule has 0 bridgehead atoms. The number of carbonyl (C=O) groups is 2. The first-order valence-corrected chi connectivity index (χ1v) is 7.68. The molecular formula is C17H12F6N2O4. The summed E-state index contributed by atoms with van der Waals surface area (Å²) in [6.07, 6.45) is -12.2. The summed E-state index contributed by atoms with van der Waals surface area (Å²) in [5.74, 6) is 0. The van der Waals surface area contributed by atoms with Gasteiger partial charge in [-0.2, -0.15) is 26.3 Å². The number of carbonyl (C=O) groups excluding carboxylic acids is 2. The largest absolute Gasteiger partial charge is 0.418 e. The molecule has 6 nitrogen and oxygen atoms in total. The number of ether oxygens (including phenoxy) is 2. The minimum atomic E-state index is -4.73. The first-order valence-electron chi connectivity index (χ1n) is 7.68. The Balaban J connectivity index is 1.88. The molecule has 2 rings (SSSR count). The molecule has 0 aliphatic heterocycles. The Morgan fingerprint density at radius 2 is 1.03 bits per heavy atom. The predicted octanol–water partition coefficient (Wildman–Crippen LogP) is 5.48. The van der Waals surface area contributed by atoms with Gasteiger partial charge in [0, 0.05) is 0 Å². The highest BCUT2D eigenvalue weighted by molar-refractivity contribution is 5.87. The second-order valence-electron chi connectivity index (χ2n) is 5.32. The second kappa shape index (κ2) is 8.71. The van der Waals surface area contributed by atoms with Gasteiger partial charge in [0.25, 0.3) is 0 Å². The van der Waals surface area contributed by atoms with Crippen LogP contribution < -0.4 is 10.6 Å². The standard InChI is InChI=1S/C17H12F6N2O4/c18-16(19,20)10-5-1-3-7-12(10)24-14(26)28-9-29-15(27)25-13-8-4-2-6-11(13)17(21,22)23/h1-8H,9H2,(H,24,26)(H,25,27). The maximum Gasteiger partial charge on any atom is 0.418 e. The molecule has 0 saturated carbocycles. The molecule has 2 aromatic carbocycles. The highest BCUT2D eigenvalue weighted by Crippen LogP contribution is 2.35. The van der Waals surface area contributed by atoms with E-state index in [1.54, 1.807) is 0 Å². The Bertz CT molecular complexity index is 811. The zero-order valence-corrected chi connectivity index (χ0v) is 14.2. The summed E-state index contributed by atoms with van der Waals surface area (Å²) >= 11 is 0. The van der Waals surface area contributed by atoms with Crippen molar-refractivity contribution in [2.24, 2.45) is 0 Å². The molecule has 0 radical (unpaired) electrons. The second-order valence-corrected chi connectivity index (χ2v) is 5.32. The van der Waals surface area contributed by atoms with Crippen molar-refractivity contribution in [3.05, 3.63) is 59.7 Å². The van der Waals surface area contributed by atoms with Crippen molar-refractivity contribution >= 4 is 23.6 Å². The molecule has 0 atom stereocenters. The van der Waals surface area contributed by atoms with Crippen molar-refractivity contribution in [1.82, 2.24) is 0 Å². The van der Waals surface area contributed by atoms with E-state index in [1.165, 1.54) is 12.1 Å². The van der Waals surface area contributed by atoms with E-state index in [1.807, 2.05) is 10.6 Å². The predicted molar refractivity (Wildman–Crippen MR) is 88.0 cm³/mol. The van der Waals surface area contributed by atoms with E-state index in [0.29, 0.717) is 0 Å². The maximum absolute atomic E-state index is 12.8. The van der Waals surface area contributed by atoms with Crippen LogP contribution in [0.25, 0.3) is 0 Å². The lowest BCUT2D eigenvalue weighted by Gasteiger charge is -2.14. The van der Waals surface area contributed by atoms with E-state index < -0.39 is 53.8 Å². The first kappa shape index (κ1) is 21.9. The number of nitrogens with one attached hydrogen (secondary N) is 2. The van der Waals surface area contributed by atoms with Crippen LogP contribution in [0.5, 0.6) is 0 Å². The molecule has 0 spiro atoms. The van der Waals surface area contributed by atoms with Crippen LogP contribution in [0.4, 0.5) is 47.3 Å². The molecule has 0 fully saturated rings. The van der Waals surface area contributed by atoms with Gasteiger partial charge in [-0.05, 0) is 24.3 Å². The molecule has 0 aliphatic carbocycles. The van der Waals surface area contributed by atoms with E-state index >= 15 is 0 Å². The quantitative estimate of drug-likeness (QED) is 0.506. The van der Waals surface area contributed by atoms with Gasteiger partial charge in [-0.15, -0.1) is 0 Å². The van der Waals surface area contributed by atoms with Crippen LogP contribution in [0.3, 0.4) is 0 Å². The molecule has 12 heteroatoms. The van der Waals surface area contributed by atoms with E-state index in [9.17, 15) is 35.9 Å². The zero-order chi connectivity index (χ0) is 21.7. The van der Waals surface area contributed by atoms with Gasteiger partial charge in [-0.25, -0.2) is 9.59 Å². The average molecular weight is 422 g/mol. The van der Waals surface area contributed by atoms with Crippen LogP contribution in [0.2, 0.25) is 0 Å². The minimum Gasteiger partial charge on any atom is -0.411 e. The summed E-state index contributed by atoms with van der Waals surface area (Å²) in [5.41, 5.74) is -3.43. The number of halogens is 6. The Morgan fingerprint density at radius 3 is 1.38 bits per heavy atom. The summed E-state index contributed by atoms with van der Waals surface area (Å²) < 4.78 is 85.8. The number of benzene rings is 2. The number of anilines is 2. The molecule has 0 aliphatic rings. The van der Waals surface area contributed by atoms with Gasteiger partial charge in [0.2, 0.25) is 6.79 Å². The van der Waals surface area contributed by atoms with Gasteiger partial charge >= 0.3 is 24.5 Å². The maximum atomic E-state index is 12.8. The van der Waals surface area contributed by atoms with Gasteiger partial charge in [0.1, 0.15) is 0 Å². The number of alkyl halides is 6. The van der Waals surface area contributed by atoms with Crippen molar-refractivity contribution < 1.29 is 45.4 Å². The number of para-hydroxylation sites is 2. The van der Waals surface area contributed by atoms with Gasteiger partial charge in [0.15, 0.2) is 0 Å². The summed E-state index contributed by atoms with van der Waals surface area (Å²) in [5, 5.41) is 3.66. The van der Waals surface area contributed by atoms with Crippen LogP contribution in [0.15, 0.2) is 48.5 Å². The molecular weight excluding hydrogens is 410 g/mol. The van der Waals surface area contributed by atoms with Crippen molar-refractivity contribution in [2.45, 2.75) is 12.4 Å². The minimum absolute atomic E-state index is 0.589. The molecule has 156 valence electrons. The summed E-state index contributed by atoms with van der Waals surface area (Å²) in [4.78, 5) is 23.1. The third-order valence-electron chi connectivity index (χ3n) is 3.32. The third-order valence-corrected chi connectivity index (χ3v) is 3.32. The fourth-order valence-corrected chi connectivity index (χ4v) is 2.11. The smallest absolute Gasteiger partial charge is 0.411 e. The van der Waals surface area contributed by atoms with Gasteiger partial charge in [0.05, 0.1) is 22.5 Å². The lowest BCUT2D eigenvalue weighted by molar-refractivity contribution is -0.137. The molecule has 2 aromatic rings. The lowest BCUT2D eigenvalue weighted by atomic mass is 10.2. The number of hydrogen-bond acceptors (Lipinski definition) is 4. The fourth-order valence-electron chi connectivity index (χ4n) is 2.11. The van der Waals surface area contributed by atoms with E-state index in [4.69, 9.17) is 0 Å². The lowest BCUT2D eigenvalue weighted by Crippen LogP contribution is -2.22. The highest BCUT2D eigenvalue weighted by Gasteiger charge is 2.34. The van der Waals surface area contributed by atoms with Crippen LogP contribution in [-0.2, 0) is 21.8 Å². The SMILES string of the molecule is O=C(Nc1ccccc1C(F)(F)F)OCOC(=O)Nc1ccccc1C(F)(F)F. The van der Waals surface area contributed by atoms with Crippen molar-refractivity contribution in [3.63, 3.8) is 0 Å². The Labute approximate surface area is 159 Å². The summed E-state index contributed by atoms with van der Waals surface area (Å²) in [6, 6.07) is 8.14. The molecule has 0 unspecified atom stereocenters. The summed E-state index contributed by atoms with van der Waals surface area (Å²) in [7, 11) is 0. The monoisotopic (exact) mass is 422 g/mol. The molecule has 0 aromatic heterocycles. The van der Waals surface area contributed by atoms with Crippen LogP contribution in [-0.4, -0.2) is 19.0 Å². The van der Waals surface area contributed by atoms with E-state index in [2.05, 4.69) is 9.47 Å². The normalized spacial score (nSPS) is 11.5. The molecule has 0 saturated heterocycles. The third kappa shape index (κ3) is 6.30. The molecule has 0 heterocycles. The van der Waals surface area contributed by atoms with Gasteiger partial charge in [-0.3, -0.25) is 10.6 Å². The van der Waals surface area contributed by atoms with E-state index in [0.717, 1.165) is 36.4 Å². The first-order chi connectivity index (χ1) is 13.5. The Kier molecular flexibility index (Phi) is 6.56. The fraction of sp³-hybridized carbons (Fsp3) is 0.176. The topological polar surface area (TPSA) is 76.7 Å². The van der Waals surface area contributed by atoms with Gasteiger partial charge in [-0.1, -0.05) is 24.3 Å². The molecule has 2 N–H and O–H groups in total. The average Bonchev–Trinajstić information content (AvgIpc) is 2.60. The zero-order valence-electron chi connectivity index (χ0n) is 14.2. The number of amides is 2. The number of rotatable bonds is 4. The van der Waals surface area contributed by atoms with E-state index in [-0.39, 0.29) is 0 Å². The van der Waals surface area contributed by atoms with Crippen LogP contribution >= 0.6 is 0 Å². The molecule has 29 heavy (non-hydrogen) atoms. The van der Waals surface area contributed by atoms with Crippen molar-refractivity contribution in [1.29, 1.82) is 0 Å². The van der Waals surface area contributed by atoms with Gasteiger partial charge < -0.3 is 9.47 Å². The van der Waals surface area contributed by atoms with Crippen LogP contribution in [0, 0.1) is 0 Å². The Hall–Kier alpha value is -3.44.